The molecule has 0 aliphatic heterocycles. The highest BCUT2D eigenvalue weighted by Gasteiger charge is 2.25. The van der Waals surface area contributed by atoms with Gasteiger partial charge in [-0.15, -0.1) is 0 Å². The first kappa shape index (κ1) is 17.3. The van der Waals surface area contributed by atoms with Crippen molar-refractivity contribution in [2.24, 2.45) is 5.92 Å². The third kappa shape index (κ3) is 5.93. The molecule has 0 heterocycles. The van der Waals surface area contributed by atoms with E-state index in [2.05, 4.69) is 12.2 Å². The predicted octanol–water partition coefficient (Wildman–Crippen LogP) is 3.42. The molecule has 1 saturated carbocycles. The maximum absolute atomic E-state index is 12.0. The molecule has 1 amide bonds. The highest BCUT2D eigenvalue weighted by molar-refractivity contribution is 5.81. The topological polar surface area (TPSA) is 64.6 Å². The van der Waals surface area contributed by atoms with Gasteiger partial charge in [0.2, 0.25) is 0 Å². The van der Waals surface area contributed by atoms with E-state index in [4.69, 9.17) is 9.47 Å². The van der Waals surface area contributed by atoms with Gasteiger partial charge in [-0.25, -0.2) is 9.59 Å². The Morgan fingerprint density at radius 3 is 2.48 bits per heavy atom. The summed E-state index contributed by atoms with van der Waals surface area (Å²) in [7, 11) is 0. The Morgan fingerprint density at radius 2 is 1.83 bits per heavy atom. The monoisotopic (exact) mass is 319 g/mol. The first-order valence-electron chi connectivity index (χ1n) is 8.22. The molecule has 126 valence electrons. The van der Waals surface area contributed by atoms with Gasteiger partial charge in [0.05, 0.1) is 0 Å². The number of ether oxygens (including phenoxy) is 2. The maximum atomic E-state index is 12.0. The average Bonchev–Trinajstić information content (AvgIpc) is 2.56. The molecule has 1 N–H and O–H groups in total. The summed E-state index contributed by atoms with van der Waals surface area (Å²) in [6.45, 7) is 4.00. The predicted molar refractivity (Wildman–Crippen MR) is 86.7 cm³/mol. The van der Waals surface area contributed by atoms with Crippen LogP contribution in [0.3, 0.4) is 0 Å². The summed E-state index contributed by atoms with van der Waals surface area (Å²) in [4.78, 5) is 23.7. The number of hydrogen-bond acceptors (Lipinski definition) is 4. The molecule has 1 fully saturated rings. The van der Waals surface area contributed by atoms with Crippen LogP contribution in [-0.4, -0.2) is 24.2 Å². The average molecular weight is 319 g/mol. The van der Waals surface area contributed by atoms with E-state index in [0.29, 0.717) is 5.92 Å². The summed E-state index contributed by atoms with van der Waals surface area (Å²) < 4.78 is 10.6. The summed E-state index contributed by atoms with van der Waals surface area (Å²) in [5.41, 5.74) is 0.897. The number of carbonyl (C=O) groups is 2. The van der Waals surface area contributed by atoms with Crippen LogP contribution >= 0.6 is 0 Å². The van der Waals surface area contributed by atoms with Crippen molar-refractivity contribution in [3.8, 4) is 0 Å². The molecule has 1 aliphatic carbocycles. The Morgan fingerprint density at radius 1 is 1.17 bits per heavy atom. The number of esters is 1. The molecule has 23 heavy (non-hydrogen) atoms. The minimum absolute atomic E-state index is 0.0247. The second-order valence-corrected chi connectivity index (χ2v) is 6.25. The highest BCUT2D eigenvalue weighted by Crippen LogP contribution is 2.25. The molecule has 0 spiro atoms. The van der Waals surface area contributed by atoms with Crippen molar-refractivity contribution in [1.29, 1.82) is 0 Å². The van der Waals surface area contributed by atoms with E-state index in [1.807, 2.05) is 30.3 Å². The van der Waals surface area contributed by atoms with E-state index in [9.17, 15) is 9.59 Å². The lowest BCUT2D eigenvalue weighted by Crippen LogP contribution is -2.41. The van der Waals surface area contributed by atoms with Crippen LogP contribution in [0.15, 0.2) is 30.3 Å². The van der Waals surface area contributed by atoms with Crippen molar-refractivity contribution in [1.82, 2.24) is 5.32 Å². The van der Waals surface area contributed by atoms with E-state index in [-0.39, 0.29) is 12.7 Å². The van der Waals surface area contributed by atoms with Gasteiger partial charge in [0.15, 0.2) is 0 Å². The Labute approximate surface area is 137 Å². The summed E-state index contributed by atoms with van der Waals surface area (Å²) in [6, 6.07) is 8.68. The molecule has 5 nitrogen and oxygen atoms in total. The highest BCUT2D eigenvalue weighted by atomic mass is 16.6. The Bertz CT molecular complexity index is 509. The maximum Gasteiger partial charge on any atom is 0.408 e. The lowest BCUT2D eigenvalue weighted by molar-refractivity contribution is -0.152. The fraction of sp³-hybridized carbons (Fsp3) is 0.556. The van der Waals surface area contributed by atoms with Gasteiger partial charge in [-0.05, 0) is 44.1 Å². The summed E-state index contributed by atoms with van der Waals surface area (Å²) in [6.07, 6.45) is 3.33. The van der Waals surface area contributed by atoms with Crippen molar-refractivity contribution in [2.45, 2.75) is 58.3 Å². The zero-order chi connectivity index (χ0) is 16.7. The van der Waals surface area contributed by atoms with Gasteiger partial charge in [-0.2, -0.15) is 0 Å². The normalized spacial score (nSPS) is 22.0. The van der Waals surface area contributed by atoms with E-state index in [0.717, 1.165) is 31.2 Å². The van der Waals surface area contributed by atoms with Crippen LogP contribution in [-0.2, 0) is 20.9 Å². The molecule has 1 aromatic rings. The molecule has 0 aromatic heterocycles. The number of amides is 1. The molecular formula is C18H25NO4. The number of alkyl carbamates (subject to hydrolysis) is 1. The van der Waals surface area contributed by atoms with Crippen LogP contribution in [0.5, 0.6) is 0 Å². The lowest BCUT2D eigenvalue weighted by Gasteiger charge is -2.27. The number of nitrogens with one attached hydrogen (secondary N) is 1. The number of benzene rings is 1. The minimum atomic E-state index is -0.711. The third-order valence-corrected chi connectivity index (χ3v) is 4.15. The second-order valence-electron chi connectivity index (χ2n) is 6.25. The van der Waals surface area contributed by atoms with Gasteiger partial charge in [-0.3, -0.25) is 0 Å². The van der Waals surface area contributed by atoms with E-state index in [1.165, 1.54) is 0 Å². The van der Waals surface area contributed by atoms with E-state index >= 15 is 0 Å². The number of carbonyl (C=O) groups excluding carboxylic acids is 2. The Kier molecular flexibility index (Phi) is 6.44. The van der Waals surface area contributed by atoms with E-state index < -0.39 is 18.1 Å². The lowest BCUT2D eigenvalue weighted by atomic mass is 9.89. The Hall–Kier alpha value is -2.04. The standard InChI is InChI=1S/C18H25NO4/c1-13-8-10-16(11-9-13)23-17(20)14(2)19-18(21)22-12-15-6-4-3-5-7-15/h3-7,13-14,16H,8-12H2,1-2H3,(H,19,21)/t13-,14?,16-. The van der Waals surface area contributed by atoms with Gasteiger partial charge in [0.1, 0.15) is 18.8 Å². The van der Waals surface area contributed by atoms with Crippen LogP contribution in [0.25, 0.3) is 0 Å². The fourth-order valence-electron chi connectivity index (χ4n) is 2.61. The van der Waals surface area contributed by atoms with Crippen molar-refractivity contribution < 1.29 is 19.1 Å². The van der Waals surface area contributed by atoms with Gasteiger partial charge >= 0.3 is 12.1 Å². The first-order chi connectivity index (χ1) is 11.0. The van der Waals surface area contributed by atoms with Crippen molar-refractivity contribution in [2.75, 3.05) is 0 Å². The summed E-state index contributed by atoms with van der Waals surface area (Å²) in [5.74, 6) is 0.301. The first-order valence-corrected chi connectivity index (χ1v) is 8.22. The van der Waals surface area contributed by atoms with Crippen LogP contribution in [0, 0.1) is 5.92 Å². The number of rotatable bonds is 5. The molecule has 2 rings (SSSR count). The van der Waals surface area contributed by atoms with Crippen molar-refractivity contribution in [3.63, 3.8) is 0 Å². The van der Waals surface area contributed by atoms with Crippen LogP contribution in [0.2, 0.25) is 0 Å². The van der Waals surface area contributed by atoms with Crippen LogP contribution < -0.4 is 5.32 Å². The van der Waals surface area contributed by atoms with E-state index in [1.54, 1.807) is 6.92 Å². The van der Waals surface area contributed by atoms with Crippen LogP contribution in [0.1, 0.15) is 45.1 Å². The second kappa shape index (κ2) is 8.56. The van der Waals surface area contributed by atoms with Crippen molar-refractivity contribution >= 4 is 12.1 Å². The third-order valence-electron chi connectivity index (χ3n) is 4.15. The van der Waals surface area contributed by atoms with Gasteiger partial charge in [-0.1, -0.05) is 37.3 Å². The zero-order valence-corrected chi connectivity index (χ0v) is 13.8. The minimum Gasteiger partial charge on any atom is -0.461 e. The molecule has 1 unspecified atom stereocenters. The smallest absolute Gasteiger partial charge is 0.408 e. The molecule has 0 radical (unpaired) electrons. The van der Waals surface area contributed by atoms with Gasteiger partial charge in [0.25, 0.3) is 0 Å². The number of hydrogen-bond donors (Lipinski definition) is 1. The summed E-state index contributed by atoms with van der Waals surface area (Å²) >= 11 is 0. The largest absolute Gasteiger partial charge is 0.461 e. The quantitative estimate of drug-likeness (QED) is 0.845. The van der Waals surface area contributed by atoms with Gasteiger partial charge < -0.3 is 14.8 Å². The molecule has 1 atom stereocenters. The molecule has 1 aromatic carbocycles. The zero-order valence-electron chi connectivity index (χ0n) is 13.8. The molecular weight excluding hydrogens is 294 g/mol. The molecule has 0 saturated heterocycles. The Balaban J connectivity index is 1.69. The fourth-order valence-corrected chi connectivity index (χ4v) is 2.61. The molecule has 5 heteroatoms. The SMILES string of the molecule is CC(NC(=O)OCc1ccccc1)C(=O)O[C@H]1CC[C@H](C)CC1. The molecule has 0 bridgehead atoms. The summed E-state index contributed by atoms with van der Waals surface area (Å²) in [5, 5.41) is 2.51. The molecule has 1 aliphatic rings. The van der Waals surface area contributed by atoms with Crippen LogP contribution in [0.4, 0.5) is 4.79 Å². The van der Waals surface area contributed by atoms with Crippen molar-refractivity contribution in [3.05, 3.63) is 35.9 Å². The van der Waals surface area contributed by atoms with Gasteiger partial charge in [0, 0.05) is 0 Å².